The Morgan fingerprint density at radius 2 is 1.81 bits per heavy atom. The van der Waals surface area contributed by atoms with Crippen LogP contribution >= 0.6 is 0 Å². The summed E-state index contributed by atoms with van der Waals surface area (Å²) < 4.78 is 40.4. The highest BCUT2D eigenvalue weighted by molar-refractivity contribution is 5.95. The van der Waals surface area contributed by atoms with Gasteiger partial charge in [0.05, 0.1) is 17.5 Å². The fourth-order valence-electron chi connectivity index (χ4n) is 4.78. The molecular formula is C23H21F3N4O. The highest BCUT2D eigenvalue weighted by Gasteiger charge is 2.44. The standard InChI is InChI=1S/C23H21F3N4O/c24-20-6-5-14(8-21-18-4-2-1-3-15(18)9-27-28-21)7-19(20)22(31)29-10-16-12-30(23(25)26)13-17(16)11-29/h1-7,9,16-17,23H,8,10-13H2. The number of alkyl halides is 2. The minimum atomic E-state index is -2.47. The maximum absolute atomic E-state index is 14.5. The van der Waals surface area contributed by atoms with Crippen LogP contribution in [0.3, 0.4) is 0 Å². The van der Waals surface area contributed by atoms with Gasteiger partial charge in [0, 0.05) is 43.4 Å². The van der Waals surface area contributed by atoms with Gasteiger partial charge in [0.2, 0.25) is 0 Å². The van der Waals surface area contributed by atoms with Crippen molar-refractivity contribution in [3.05, 3.63) is 71.3 Å². The van der Waals surface area contributed by atoms with Crippen LogP contribution in [-0.2, 0) is 6.42 Å². The van der Waals surface area contributed by atoms with Crippen LogP contribution in [0.5, 0.6) is 0 Å². The minimum absolute atomic E-state index is 0.00940. The molecular weight excluding hydrogens is 405 g/mol. The molecule has 2 saturated heterocycles. The van der Waals surface area contributed by atoms with Crippen LogP contribution in [0.2, 0.25) is 0 Å². The third kappa shape index (κ3) is 3.76. The summed E-state index contributed by atoms with van der Waals surface area (Å²) in [5, 5.41) is 10.2. The van der Waals surface area contributed by atoms with Gasteiger partial charge in [-0.2, -0.15) is 19.0 Å². The summed E-state index contributed by atoms with van der Waals surface area (Å²) in [7, 11) is 0. The van der Waals surface area contributed by atoms with Gasteiger partial charge in [-0.05, 0) is 29.5 Å². The van der Waals surface area contributed by atoms with Crippen molar-refractivity contribution >= 4 is 16.7 Å². The molecule has 0 saturated carbocycles. The molecule has 8 heteroatoms. The van der Waals surface area contributed by atoms with E-state index in [0.717, 1.165) is 26.9 Å². The van der Waals surface area contributed by atoms with Crippen molar-refractivity contribution in [2.45, 2.75) is 13.0 Å². The number of nitrogens with zero attached hydrogens (tertiary/aromatic N) is 4. The number of fused-ring (bicyclic) bond motifs is 2. The van der Waals surface area contributed by atoms with Crippen LogP contribution in [0, 0.1) is 17.7 Å². The van der Waals surface area contributed by atoms with Gasteiger partial charge in [-0.3, -0.25) is 4.79 Å². The molecule has 1 aromatic heterocycles. The van der Waals surface area contributed by atoms with Gasteiger partial charge in [0.1, 0.15) is 5.82 Å². The number of carbonyl (C=O) groups is 1. The van der Waals surface area contributed by atoms with Crippen LogP contribution in [0.1, 0.15) is 21.6 Å². The second kappa shape index (κ2) is 7.92. The Morgan fingerprint density at radius 3 is 2.55 bits per heavy atom. The zero-order valence-corrected chi connectivity index (χ0v) is 16.7. The molecule has 2 aromatic carbocycles. The Balaban J connectivity index is 1.35. The number of amides is 1. The Labute approximate surface area is 177 Å². The first-order valence-corrected chi connectivity index (χ1v) is 10.3. The number of benzene rings is 2. The van der Waals surface area contributed by atoms with Crippen molar-refractivity contribution in [1.82, 2.24) is 20.0 Å². The normalized spacial score (nSPS) is 21.2. The van der Waals surface area contributed by atoms with Gasteiger partial charge in [-0.25, -0.2) is 9.29 Å². The van der Waals surface area contributed by atoms with Crippen LogP contribution < -0.4 is 0 Å². The number of rotatable bonds is 4. The first kappa shape index (κ1) is 19.9. The predicted molar refractivity (Wildman–Crippen MR) is 109 cm³/mol. The quantitative estimate of drug-likeness (QED) is 0.599. The van der Waals surface area contributed by atoms with E-state index >= 15 is 0 Å². The number of aromatic nitrogens is 2. The maximum atomic E-state index is 14.5. The minimum Gasteiger partial charge on any atom is -0.338 e. The lowest BCUT2D eigenvalue weighted by molar-refractivity contribution is -0.0172. The molecule has 0 N–H and O–H groups in total. The SMILES string of the molecule is O=C(c1cc(Cc2nncc3ccccc23)ccc1F)N1CC2CN(C(F)F)CC2C1. The number of hydrogen-bond donors (Lipinski definition) is 0. The lowest BCUT2D eigenvalue weighted by atomic mass is 10.0. The molecule has 160 valence electrons. The van der Waals surface area contributed by atoms with E-state index in [1.807, 2.05) is 24.3 Å². The summed E-state index contributed by atoms with van der Waals surface area (Å²) in [5.41, 5.74) is 1.53. The van der Waals surface area contributed by atoms with Crippen LogP contribution in [-0.4, -0.2) is 58.6 Å². The first-order chi connectivity index (χ1) is 15.0. The van der Waals surface area contributed by atoms with Crippen molar-refractivity contribution < 1.29 is 18.0 Å². The highest BCUT2D eigenvalue weighted by Crippen LogP contribution is 2.33. The third-order valence-electron chi connectivity index (χ3n) is 6.36. The molecule has 2 atom stereocenters. The summed E-state index contributed by atoms with van der Waals surface area (Å²) in [5.74, 6) is -0.948. The summed E-state index contributed by atoms with van der Waals surface area (Å²) in [6.07, 6.45) is 2.11. The molecule has 5 nitrogen and oxygen atoms in total. The molecule has 2 fully saturated rings. The van der Waals surface area contributed by atoms with Gasteiger partial charge in [0.25, 0.3) is 12.5 Å². The molecule has 3 aromatic rings. The third-order valence-corrected chi connectivity index (χ3v) is 6.36. The fraction of sp³-hybridized carbons (Fsp3) is 0.348. The second-order valence-electron chi connectivity index (χ2n) is 8.33. The highest BCUT2D eigenvalue weighted by atomic mass is 19.3. The molecule has 2 aliphatic rings. The van der Waals surface area contributed by atoms with E-state index in [1.165, 1.54) is 6.07 Å². The van der Waals surface area contributed by atoms with Crippen molar-refractivity contribution in [3.8, 4) is 0 Å². The molecule has 31 heavy (non-hydrogen) atoms. The number of carbonyl (C=O) groups excluding carboxylic acids is 1. The van der Waals surface area contributed by atoms with E-state index in [0.29, 0.717) is 19.5 Å². The molecule has 0 spiro atoms. The predicted octanol–water partition coefficient (Wildman–Crippen LogP) is 3.59. The Morgan fingerprint density at radius 1 is 1.06 bits per heavy atom. The Hall–Kier alpha value is -3.00. The second-order valence-corrected chi connectivity index (χ2v) is 8.33. The summed E-state index contributed by atoms with van der Waals surface area (Å²) in [4.78, 5) is 15.8. The van der Waals surface area contributed by atoms with Gasteiger partial charge in [-0.15, -0.1) is 0 Å². The van der Waals surface area contributed by atoms with E-state index in [1.54, 1.807) is 23.2 Å². The average Bonchev–Trinajstić information content (AvgIpc) is 3.34. The maximum Gasteiger partial charge on any atom is 0.294 e. The van der Waals surface area contributed by atoms with Gasteiger partial charge in [0.15, 0.2) is 0 Å². The van der Waals surface area contributed by atoms with Gasteiger partial charge >= 0.3 is 0 Å². The lowest BCUT2D eigenvalue weighted by Gasteiger charge is -2.21. The average molecular weight is 426 g/mol. The number of likely N-dealkylation sites (tertiary alicyclic amines) is 2. The first-order valence-electron chi connectivity index (χ1n) is 10.3. The van der Waals surface area contributed by atoms with E-state index < -0.39 is 12.4 Å². The molecule has 1 amide bonds. The molecule has 5 rings (SSSR count). The Kier molecular flexibility index (Phi) is 5.09. The molecule has 0 bridgehead atoms. The number of halogens is 3. The monoisotopic (exact) mass is 426 g/mol. The molecule has 2 aliphatic heterocycles. The molecule has 0 radical (unpaired) electrons. The topological polar surface area (TPSA) is 49.3 Å². The Bertz CT molecular complexity index is 1120. The zero-order chi connectivity index (χ0) is 21.5. The molecule has 3 heterocycles. The van der Waals surface area contributed by atoms with Crippen molar-refractivity contribution in [2.24, 2.45) is 11.8 Å². The molecule has 0 aliphatic carbocycles. The van der Waals surface area contributed by atoms with E-state index in [4.69, 9.17) is 0 Å². The summed E-state index contributed by atoms with van der Waals surface area (Å²) in [6, 6.07) is 12.3. The largest absolute Gasteiger partial charge is 0.338 e. The molecule has 2 unspecified atom stereocenters. The summed E-state index contributed by atoms with van der Waals surface area (Å²) in [6.45, 7) is -1.17. The smallest absolute Gasteiger partial charge is 0.294 e. The fourth-order valence-corrected chi connectivity index (χ4v) is 4.78. The van der Waals surface area contributed by atoms with Crippen LogP contribution in [0.4, 0.5) is 13.2 Å². The lowest BCUT2D eigenvalue weighted by Crippen LogP contribution is -2.35. The van der Waals surface area contributed by atoms with E-state index in [-0.39, 0.29) is 36.4 Å². The zero-order valence-electron chi connectivity index (χ0n) is 16.7. The summed E-state index contributed by atoms with van der Waals surface area (Å²) >= 11 is 0. The van der Waals surface area contributed by atoms with E-state index in [2.05, 4.69) is 10.2 Å². The van der Waals surface area contributed by atoms with Crippen molar-refractivity contribution in [1.29, 1.82) is 0 Å². The van der Waals surface area contributed by atoms with Gasteiger partial charge < -0.3 is 4.90 Å². The van der Waals surface area contributed by atoms with Crippen LogP contribution in [0.25, 0.3) is 10.8 Å². The van der Waals surface area contributed by atoms with Crippen LogP contribution in [0.15, 0.2) is 48.7 Å². The van der Waals surface area contributed by atoms with Gasteiger partial charge in [-0.1, -0.05) is 30.3 Å². The van der Waals surface area contributed by atoms with Crippen molar-refractivity contribution in [2.75, 3.05) is 26.2 Å². The van der Waals surface area contributed by atoms with Crippen molar-refractivity contribution in [3.63, 3.8) is 0 Å². The van der Waals surface area contributed by atoms with E-state index in [9.17, 15) is 18.0 Å². The number of hydrogen-bond acceptors (Lipinski definition) is 4.